The van der Waals surface area contributed by atoms with E-state index in [1.54, 1.807) is 0 Å². The lowest BCUT2D eigenvalue weighted by atomic mass is 9.96. The van der Waals surface area contributed by atoms with Gasteiger partial charge in [0.15, 0.2) is 5.11 Å². The van der Waals surface area contributed by atoms with Crippen LogP contribution in [0.25, 0.3) is 0 Å². The zero-order chi connectivity index (χ0) is 19.8. The van der Waals surface area contributed by atoms with Gasteiger partial charge in [0.25, 0.3) is 0 Å². The van der Waals surface area contributed by atoms with Crippen molar-refractivity contribution < 1.29 is 0 Å². The summed E-state index contributed by atoms with van der Waals surface area (Å²) in [4.78, 5) is 6.88. The van der Waals surface area contributed by atoms with Gasteiger partial charge in [0.1, 0.15) is 0 Å². The highest BCUT2D eigenvalue weighted by molar-refractivity contribution is 7.80. The number of hydrogen-bond acceptors (Lipinski definition) is 2. The van der Waals surface area contributed by atoms with Gasteiger partial charge in [0.2, 0.25) is 0 Å². The predicted molar refractivity (Wildman–Crippen MR) is 119 cm³/mol. The van der Waals surface area contributed by atoms with Crippen LogP contribution in [0.2, 0.25) is 0 Å². The van der Waals surface area contributed by atoms with Crippen LogP contribution in [0.4, 0.5) is 5.69 Å². The van der Waals surface area contributed by atoms with Gasteiger partial charge in [-0.1, -0.05) is 25.1 Å². The van der Waals surface area contributed by atoms with E-state index in [2.05, 4.69) is 84.0 Å². The first kappa shape index (κ1) is 18.7. The van der Waals surface area contributed by atoms with Gasteiger partial charge in [0.05, 0.1) is 17.8 Å². The first-order valence-corrected chi connectivity index (χ1v) is 10.1. The topological polar surface area (TPSA) is 33.1 Å². The van der Waals surface area contributed by atoms with Gasteiger partial charge < -0.3 is 14.8 Å². The Labute approximate surface area is 172 Å². The maximum Gasteiger partial charge on any atom is 0.174 e. The molecular formula is C23H26N4S. The zero-order valence-electron chi connectivity index (χ0n) is 16.8. The molecule has 0 aliphatic carbocycles. The molecular weight excluding hydrogens is 364 g/mol. The lowest BCUT2D eigenvalue weighted by molar-refractivity contribution is 0.564. The molecule has 0 spiro atoms. The number of nitrogens with zero attached hydrogens (tertiary/aromatic N) is 3. The highest BCUT2D eigenvalue weighted by Crippen LogP contribution is 2.43. The molecule has 0 bridgehead atoms. The second-order valence-corrected chi connectivity index (χ2v) is 7.79. The Bertz CT molecular complexity index is 991. The summed E-state index contributed by atoms with van der Waals surface area (Å²) in [7, 11) is 2.12. The lowest BCUT2D eigenvalue weighted by Crippen LogP contribution is -2.29. The Balaban J connectivity index is 1.85. The summed E-state index contributed by atoms with van der Waals surface area (Å²) in [6.45, 7) is 6.50. The predicted octanol–water partition coefficient (Wildman–Crippen LogP) is 4.78. The number of benzene rings is 1. The zero-order valence-corrected chi connectivity index (χ0v) is 17.6. The molecule has 1 saturated heterocycles. The minimum Gasteiger partial charge on any atom is -0.352 e. The van der Waals surface area contributed by atoms with Gasteiger partial charge in [-0.2, -0.15) is 0 Å². The van der Waals surface area contributed by atoms with Crippen molar-refractivity contribution in [2.45, 2.75) is 39.3 Å². The molecule has 1 aliphatic rings. The van der Waals surface area contributed by atoms with Crippen molar-refractivity contribution >= 4 is 23.0 Å². The van der Waals surface area contributed by atoms with Crippen LogP contribution in [-0.4, -0.2) is 14.7 Å². The largest absolute Gasteiger partial charge is 0.352 e. The molecule has 1 aromatic carbocycles. The van der Waals surface area contributed by atoms with Gasteiger partial charge in [-0.25, -0.2) is 0 Å². The smallest absolute Gasteiger partial charge is 0.174 e. The lowest BCUT2D eigenvalue weighted by Gasteiger charge is -2.28. The SMILES string of the molecule is CCc1ccc(N2C(=S)N[C@@H](c3ccccn3)[C@@H]2c2cc(C)n(C)c2C)cc1. The first-order chi connectivity index (χ1) is 13.5. The van der Waals surface area contributed by atoms with Crippen molar-refractivity contribution in [2.24, 2.45) is 7.05 Å². The molecule has 0 unspecified atom stereocenters. The quantitative estimate of drug-likeness (QED) is 0.650. The summed E-state index contributed by atoms with van der Waals surface area (Å²) >= 11 is 5.80. The van der Waals surface area contributed by atoms with Crippen molar-refractivity contribution in [3.8, 4) is 0 Å². The number of pyridine rings is 1. The molecule has 5 heteroatoms. The van der Waals surface area contributed by atoms with Crippen molar-refractivity contribution in [1.29, 1.82) is 0 Å². The summed E-state index contributed by atoms with van der Waals surface area (Å²) in [5.74, 6) is 0. The average molecular weight is 391 g/mol. The Morgan fingerprint density at radius 1 is 1.11 bits per heavy atom. The number of thiocarbonyl (C=S) groups is 1. The summed E-state index contributed by atoms with van der Waals surface area (Å²) in [6.07, 6.45) is 2.87. The highest BCUT2D eigenvalue weighted by Gasteiger charge is 2.42. The van der Waals surface area contributed by atoms with Gasteiger partial charge in [-0.15, -0.1) is 0 Å². The molecule has 0 saturated carbocycles. The summed E-state index contributed by atoms with van der Waals surface area (Å²) < 4.78 is 2.24. The van der Waals surface area contributed by atoms with Crippen LogP contribution in [-0.2, 0) is 13.5 Å². The summed E-state index contributed by atoms with van der Waals surface area (Å²) in [5, 5.41) is 4.28. The molecule has 1 aliphatic heterocycles. The Morgan fingerprint density at radius 3 is 2.43 bits per heavy atom. The second-order valence-electron chi connectivity index (χ2n) is 7.40. The minimum absolute atomic E-state index is 0.0000478. The molecule has 28 heavy (non-hydrogen) atoms. The molecule has 0 amide bonds. The third-order valence-electron chi connectivity index (χ3n) is 5.85. The number of aryl methyl sites for hydroxylation is 2. The van der Waals surface area contributed by atoms with E-state index in [-0.39, 0.29) is 12.1 Å². The van der Waals surface area contributed by atoms with E-state index in [0.29, 0.717) is 0 Å². The fourth-order valence-electron chi connectivity index (χ4n) is 4.03. The molecule has 4 nitrogen and oxygen atoms in total. The van der Waals surface area contributed by atoms with Gasteiger partial charge in [-0.05, 0) is 73.9 Å². The maximum absolute atomic E-state index is 5.80. The van der Waals surface area contributed by atoms with Gasteiger partial charge >= 0.3 is 0 Å². The Kier molecular flexibility index (Phi) is 4.94. The van der Waals surface area contributed by atoms with E-state index in [9.17, 15) is 0 Å². The molecule has 2 aromatic heterocycles. The molecule has 1 fully saturated rings. The van der Waals surface area contributed by atoms with Crippen LogP contribution < -0.4 is 10.2 Å². The van der Waals surface area contributed by atoms with E-state index in [1.807, 2.05) is 18.3 Å². The number of aromatic nitrogens is 2. The normalized spacial score (nSPS) is 19.1. The molecule has 3 heterocycles. The van der Waals surface area contributed by atoms with Crippen molar-refractivity contribution in [1.82, 2.24) is 14.9 Å². The molecule has 4 rings (SSSR count). The van der Waals surface area contributed by atoms with Crippen LogP contribution in [0.1, 0.15) is 47.2 Å². The van der Waals surface area contributed by atoms with Crippen LogP contribution in [0.5, 0.6) is 0 Å². The Hall–Kier alpha value is -2.66. The van der Waals surface area contributed by atoms with E-state index < -0.39 is 0 Å². The first-order valence-electron chi connectivity index (χ1n) is 9.73. The third kappa shape index (κ3) is 3.10. The van der Waals surface area contributed by atoms with Crippen molar-refractivity contribution in [2.75, 3.05) is 4.90 Å². The fourth-order valence-corrected chi connectivity index (χ4v) is 4.37. The number of rotatable bonds is 4. The third-order valence-corrected chi connectivity index (χ3v) is 6.17. The molecule has 2 atom stereocenters. The van der Waals surface area contributed by atoms with Crippen LogP contribution in [0.15, 0.2) is 54.7 Å². The van der Waals surface area contributed by atoms with Gasteiger partial charge in [0, 0.05) is 30.3 Å². The maximum atomic E-state index is 5.80. The van der Waals surface area contributed by atoms with E-state index in [4.69, 9.17) is 12.2 Å². The van der Waals surface area contributed by atoms with Crippen molar-refractivity contribution in [3.05, 3.63) is 82.9 Å². The number of hydrogen-bond donors (Lipinski definition) is 1. The summed E-state index contributed by atoms with van der Waals surface area (Å²) in [6, 6.07) is 17.1. The molecule has 3 aromatic rings. The second kappa shape index (κ2) is 7.40. The molecule has 0 radical (unpaired) electrons. The number of anilines is 1. The highest BCUT2D eigenvalue weighted by atomic mass is 32.1. The van der Waals surface area contributed by atoms with E-state index in [1.165, 1.54) is 22.5 Å². The average Bonchev–Trinajstić information content (AvgIpc) is 3.20. The van der Waals surface area contributed by atoms with E-state index >= 15 is 0 Å². The fraction of sp³-hybridized carbons (Fsp3) is 0.304. The monoisotopic (exact) mass is 390 g/mol. The van der Waals surface area contributed by atoms with Crippen LogP contribution in [0, 0.1) is 13.8 Å². The van der Waals surface area contributed by atoms with Gasteiger partial charge in [-0.3, -0.25) is 4.98 Å². The summed E-state index contributed by atoms with van der Waals surface area (Å²) in [5.41, 5.74) is 7.22. The number of nitrogens with one attached hydrogen (secondary N) is 1. The van der Waals surface area contributed by atoms with E-state index in [0.717, 1.165) is 22.9 Å². The Morgan fingerprint density at radius 2 is 1.86 bits per heavy atom. The minimum atomic E-state index is 0.0000478. The molecule has 144 valence electrons. The van der Waals surface area contributed by atoms with Crippen LogP contribution >= 0.6 is 12.2 Å². The van der Waals surface area contributed by atoms with Crippen molar-refractivity contribution in [3.63, 3.8) is 0 Å². The standard InChI is InChI=1S/C23H26N4S/c1-5-17-9-11-18(12-10-17)27-22(19-14-15(2)26(4)16(19)3)21(25-23(27)28)20-8-6-7-13-24-20/h6-14,21-22H,5H2,1-4H3,(H,25,28)/t21-,22-/m0/s1. The van der Waals surface area contributed by atoms with Crippen LogP contribution in [0.3, 0.4) is 0 Å². The molecule has 1 N–H and O–H groups in total.